The number of halogens is 6. The molecule has 0 bridgehead atoms. The van der Waals surface area contributed by atoms with Crippen LogP contribution < -0.4 is 10.1 Å². The van der Waals surface area contributed by atoms with E-state index in [1.165, 1.54) is 18.0 Å². The number of likely N-dealkylation sites (tertiary alicyclic amines) is 1. The summed E-state index contributed by atoms with van der Waals surface area (Å²) in [5.41, 5.74) is -1.22. The molecule has 0 radical (unpaired) electrons. The molecular formula is C21H19F6N7O. The monoisotopic (exact) mass is 502 g/mol. The second-order valence-electron chi connectivity index (χ2n) is 8.26. The molecule has 1 saturated heterocycles. The average molecular weight is 502 g/mol. The van der Waals surface area contributed by atoms with Crippen molar-refractivity contribution in [1.29, 1.82) is 0 Å². The first-order valence-corrected chi connectivity index (χ1v) is 10.3. The van der Waals surface area contributed by atoms with Crippen LogP contribution in [0.4, 0.5) is 32.3 Å². The van der Waals surface area contributed by atoms with Crippen molar-refractivity contribution in [3.63, 3.8) is 0 Å². The summed E-state index contributed by atoms with van der Waals surface area (Å²) in [7, 11) is -1.60. The SMILES string of the molecule is [2H]C([2H])([2H])Oc1nc(NC2CN(C)CC2(F)F)nn2cc(F)c(-c3cc(F)c4ncn(CC(F)F)c4c3)c12. The molecule has 8 nitrogen and oxygen atoms in total. The minimum absolute atomic E-state index is 0.0656. The van der Waals surface area contributed by atoms with Gasteiger partial charge in [0.25, 0.3) is 12.3 Å². The van der Waals surface area contributed by atoms with E-state index < -0.39 is 67.5 Å². The molecule has 3 aromatic heterocycles. The number of imidazole rings is 1. The van der Waals surface area contributed by atoms with Gasteiger partial charge in [-0.15, -0.1) is 5.10 Å². The fraction of sp³-hybridized carbons (Fsp3) is 0.381. The first-order valence-electron chi connectivity index (χ1n) is 11.8. The normalized spacial score (nSPS) is 19.9. The number of methoxy groups -OCH3 is 1. The lowest BCUT2D eigenvalue weighted by molar-refractivity contribution is 0.00582. The molecular weight excluding hydrogens is 480 g/mol. The van der Waals surface area contributed by atoms with Crippen molar-refractivity contribution in [2.75, 3.05) is 32.5 Å². The molecule has 4 heterocycles. The molecule has 1 unspecified atom stereocenters. The van der Waals surface area contributed by atoms with E-state index in [9.17, 15) is 22.0 Å². The fourth-order valence-electron chi connectivity index (χ4n) is 4.27. The Balaban J connectivity index is 1.67. The molecule has 5 rings (SSSR count). The van der Waals surface area contributed by atoms with Gasteiger partial charge in [-0.3, -0.25) is 4.90 Å². The van der Waals surface area contributed by atoms with Gasteiger partial charge < -0.3 is 14.6 Å². The van der Waals surface area contributed by atoms with Crippen molar-refractivity contribution in [1.82, 2.24) is 29.0 Å². The Hall–Kier alpha value is -3.55. The number of likely N-dealkylation sites (N-methyl/N-ethyl adjacent to an activating group) is 1. The van der Waals surface area contributed by atoms with Gasteiger partial charge in [-0.1, -0.05) is 0 Å². The van der Waals surface area contributed by atoms with Crippen LogP contribution >= 0.6 is 0 Å². The Bertz CT molecular complexity index is 1520. The van der Waals surface area contributed by atoms with Crippen molar-refractivity contribution in [2.45, 2.75) is 24.9 Å². The van der Waals surface area contributed by atoms with Crippen LogP contribution in [-0.4, -0.2) is 74.6 Å². The number of nitrogens with zero attached hydrogens (tertiary/aromatic N) is 6. The van der Waals surface area contributed by atoms with Crippen molar-refractivity contribution < 1.29 is 35.2 Å². The second kappa shape index (κ2) is 8.29. The highest BCUT2D eigenvalue weighted by atomic mass is 19.3. The number of nitrogens with one attached hydrogen (secondary N) is 1. The highest BCUT2D eigenvalue weighted by Crippen LogP contribution is 2.37. The van der Waals surface area contributed by atoms with E-state index in [2.05, 4.69) is 20.4 Å². The molecule has 4 aromatic rings. The van der Waals surface area contributed by atoms with Crippen molar-refractivity contribution in [3.8, 4) is 17.0 Å². The second-order valence-corrected chi connectivity index (χ2v) is 8.26. The van der Waals surface area contributed by atoms with Gasteiger partial charge in [-0.2, -0.15) is 4.98 Å². The fourth-order valence-corrected chi connectivity index (χ4v) is 4.27. The van der Waals surface area contributed by atoms with E-state index in [-0.39, 0.29) is 28.7 Å². The van der Waals surface area contributed by atoms with E-state index in [1.807, 2.05) is 0 Å². The minimum atomic E-state index is -3.17. The van der Waals surface area contributed by atoms with Crippen LogP contribution in [0.1, 0.15) is 4.11 Å². The maximum Gasteiger partial charge on any atom is 0.281 e. The third-order valence-electron chi connectivity index (χ3n) is 5.74. The number of anilines is 1. The molecule has 0 spiro atoms. The third kappa shape index (κ3) is 4.00. The number of rotatable bonds is 6. The molecule has 0 aliphatic carbocycles. The molecule has 14 heteroatoms. The molecule has 1 aromatic carbocycles. The number of fused-ring (bicyclic) bond motifs is 2. The van der Waals surface area contributed by atoms with Crippen LogP contribution in [0.2, 0.25) is 0 Å². The molecule has 1 atom stereocenters. The summed E-state index contributed by atoms with van der Waals surface area (Å²) >= 11 is 0. The van der Waals surface area contributed by atoms with Gasteiger partial charge in [-0.25, -0.2) is 35.8 Å². The Labute approximate surface area is 198 Å². The van der Waals surface area contributed by atoms with Gasteiger partial charge in [0.1, 0.15) is 17.1 Å². The standard InChI is InChI=1S/C21H19F6N7O/c1-32-6-14(21(26,27)8-32)29-20-30-19(35-2)18-16(12(23)5-34(18)31-20)10-3-11(22)17-13(4-10)33(9-28-17)7-15(24)25/h3-5,9,14-15H,6-8H2,1-2H3,(H,29,31)/i2D3. The van der Waals surface area contributed by atoms with Crippen LogP contribution in [-0.2, 0) is 6.54 Å². The van der Waals surface area contributed by atoms with Gasteiger partial charge >= 0.3 is 0 Å². The zero-order valence-electron chi connectivity index (χ0n) is 20.9. The number of benzene rings is 1. The predicted octanol–water partition coefficient (Wildman–Crippen LogP) is 3.66. The van der Waals surface area contributed by atoms with Crippen LogP contribution in [0, 0.1) is 11.6 Å². The summed E-state index contributed by atoms with van der Waals surface area (Å²) in [5.74, 6) is -6.29. The molecule has 186 valence electrons. The largest absolute Gasteiger partial charge is 0.479 e. The summed E-state index contributed by atoms with van der Waals surface area (Å²) in [4.78, 5) is 9.07. The van der Waals surface area contributed by atoms with Crippen LogP contribution in [0.3, 0.4) is 0 Å². The lowest BCUT2D eigenvalue weighted by Gasteiger charge is -2.19. The quantitative estimate of drug-likeness (QED) is 0.406. The number of aromatic nitrogens is 5. The molecule has 35 heavy (non-hydrogen) atoms. The maximum atomic E-state index is 15.3. The molecule has 0 amide bonds. The zero-order chi connectivity index (χ0) is 27.6. The smallest absolute Gasteiger partial charge is 0.281 e. The molecule has 1 fully saturated rings. The number of hydrogen-bond donors (Lipinski definition) is 1. The zero-order valence-corrected chi connectivity index (χ0v) is 17.9. The molecule has 1 N–H and O–H groups in total. The van der Waals surface area contributed by atoms with Gasteiger partial charge in [0.15, 0.2) is 11.6 Å². The number of alkyl halides is 4. The van der Waals surface area contributed by atoms with E-state index >= 15 is 4.39 Å². The van der Waals surface area contributed by atoms with E-state index in [0.717, 1.165) is 27.7 Å². The van der Waals surface area contributed by atoms with Gasteiger partial charge in [0.2, 0.25) is 11.8 Å². The Morgan fingerprint density at radius 3 is 2.77 bits per heavy atom. The highest BCUT2D eigenvalue weighted by molar-refractivity contribution is 5.90. The summed E-state index contributed by atoms with van der Waals surface area (Å²) in [6.07, 6.45) is -0.962. The predicted molar refractivity (Wildman–Crippen MR) is 114 cm³/mol. The lowest BCUT2D eigenvalue weighted by Crippen LogP contribution is -2.38. The molecule has 1 aliphatic rings. The number of hydrogen-bond acceptors (Lipinski definition) is 6. The topological polar surface area (TPSA) is 72.5 Å². The summed E-state index contributed by atoms with van der Waals surface area (Å²) in [6.45, 7) is -1.42. The summed E-state index contributed by atoms with van der Waals surface area (Å²) in [5, 5.41) is 6.43. The molecule has 0 saturated carbocycles. The summed E-state index contributed by atoms with van der Waals surface area (Å²) < 4.78 is 114. The Morgan fingerprint density at radius 1 is 1.29 bits per heavy atom. The van der Waals surface area contributed by atoms with Gasteiger partial charge in [0, 0.05) is 6.54 Å². The van der Waals surface area contributed by atoms with Crippen molar-refractivity contribution >= 4 is 22.5 Å². The minimum Gasteiger partial charge on any atom is -0.479 e. The average Bonchev–Trinajstić information content (AvgIpc) is 3.39. The van der Waals surface area contributed by atoms with Crippen LogP contribution in [0.5, 0.6) is 5.88 Å². The van der Waals surface area contributed by atoms with Gasteiger partial charge in [0.05, 0.1) is 47.8 Å². The third-order valence-corrected chi connectivity index (χ3v) is 5.74. The first kappa shape index (κ1) is 19.7. The van der Waals surface area contributed by atoms with Crippen LogP contribution in [0.15, 0.2) is 24.7 Å². The van der Waals surface area contributed by atoms with Gasteiger partial charge in [-0.05, 0) is 24.7 Å². The number of ether oxygens (including phenoxy) is 1. The highest BCUT2D eigenvalue weighted by Gasteiger charge is 2.47. The summed E-state index contributed by atoms with van der Waals surface area (Å²) in [6, 6.07) is 0.657. The van der Waals surface area contributed by atoms with E-state index in [4.69, 9.17) is 8.85 Å². The first-order chi connectivity index (χ1) is 17.7. The van der Waals surface area contributed by atoms with E-state index in [0.29, 0.717) is 0 Å². The molecule has 1 aliphatic heterocycles. The van der Waals surface area contributed by atoms with E-state index in [1.54, 1.807) is 0 Å². The van der Waals surface area contributed by atoms with Crippen molar-refractivity contribution in [3.05, 3.63) is 36.3 Å². The lowest BCUT2D eigenvalue weighted by atomic mass is 10.1. The Morgan fingerprint density at radius 2 is 2.09 bits per heavy atom. The van der Waals surface area contributed by atoms with Crippen LogP contribution in [0.25, 0.3) is 27.7 Å². The van der Waals surface area contributed by atoms with Crippen molar-refractivity contribution in [2.24, 2.45) is 0 Å². The maximum absolute atomic E-state index is 15.3. The Kier molecular flexibility index (Phi) is 4.67.